The molecule has 0 saturated carbocycles. The molecule has 170 valence electrons. The highest BCUT2D eigenvalue weighted by molar-refractivity contribution is 7.99. The van der Waals surface area contributed by atoms with E-state index in [9.17, 15) is 4.79 Å². The standard InChI is InChI=1S/C24H30N4O3S/c1-16(31-20-11-7-17(8-12-20)24(2,3)4)22-26-27-23(28(22)5)32-15-21(29)25-18-9-13-19(30-6)14-10-18/h7-14,16H,15H2,1-6H3,(H,25,29). The Morgan fingerprint density at radius 1 is 1.06 bits per heavy atom. The minimum Gasteiger partial charge on any atom is -0.497 e. The predicted octanol–water partition coefficient (Wildman–Crippen LogP) is 4.99. The fourth-order valence-electron chi connectivity index (χ4n) is 3.10. The SMILES string of the molecule is COc1ccc(NC(=O)CSc2nnc(C(C)Oc3ccc(C(C)(C)C)cc3)n2C)cc1. The second-order valence-corrected chi connectivity index (χ2v) is 9.44. The van der Waals surface area contributed by atoms with Crippen LogP contribution >= 0.6 is 11.8 Å². The Morgan fingerprint density at radius 2 is 1.69 bits per heavy atom. The minimum atomic E-state index is -0.282. The number of hydrogen-bond donors (Lipinski definition) is 1. The van der Waals surface area contributed by atoms with Gasteiger partial charge in [-0.1, -0.05) is 44.7 Å². The molecular weight excluding hydrogens is 424 g/mol. The number of rotatable bonds is 8. The van der Waals surface area contributed by atoms with Crippen LogP contribution in [0, 0.1) is 0 Å². The zero-order valence-corrected chi connectivity index (χ0v) is 20.2. The maximum absolute atomic E-state index is 12.3. The summed E-state index contributed by atoms with van der Waals surface area (Å²) in [6.45, 7) is 8.48. The Kier molecular flexibility index (Phi) is 7.45. The van der Waals surface area contributed by atoms with E-state index in [0.29, 0.717) is 11.0 Å². The van der Waals surface area contributed by atoms with Crippen molar-refractivity contribution in [3.8, 4) is 11.5 Å². The fraction of sp³-hybridized carbons (Fsp3) is 0.375. The first-order chi connectivity index (χ1) is 15.2. The van der Waals surface area contributed by atoms with Gasteiger partial charge in [0.15, 0.2) is 17.1 Å². The molecule has 0 spiro atoms. The normalized spacial score (nSPS) is 12.3. The Morgan fingerprint density at radius 3 is 2.28 bits per heavy atom. The molecule has 0 fully saturated rings. The van der Waals surface area contributed by atoms with E-state index < -0.39 is 0 Å². The quantitative estimate of drug-likeness (QED) is 0.483. The molecule has 0 radical (unpaired) electrons. The molecule has 2 aromatic carbocycles. The molecule has 1 N–H and O–H groups in total. The number of amides is 1. The van der Waals surface area contributed by atoms with E-state index in [2.05, 4.69) is 48.4 Å². The van der Waals surface area contributed by atoms with Crippen molar-refractivity contribution in [3.63, 3.8) is 0 Å². The van der Waals surface area contributed by atoms with Gasteiger partial charge in [-0.2, -0.15) is 0 Å². The van der Waals surface area contributed by atoms with Crippen LogP contribution in [0.15, 0.2) is 53.7 Å². The van der Waals surface area contributed by atoms with Gasteiger partial charge in [0.1, 0.15) is 11.5 Å². The number of carbonyl (C=O) groups is 1. The van der Waals surface area contributed by atoms with E-state index in [1.54, 1.807) is 31.4 Å². The van der Waals surface area contributed by atoms with E-state index in [4.69, 9.17) is 9.47 Å². The fourth-order valence-corrected chi connectivity index (χ4v) is 3.82. The third-order valence-electron chi connectivity index (χ3n) is 4.97. The third-order valence-corrected chi connectivity index (χ3v) is 5.99. The van der Waals surface area contributed by atoms with Gasteiger partial charge in [0.2, 0.25) is 5.91 Å². The number of methoxy groups -OCH3 is 1. The summed E-state index contributed by atoms with van der Waals surface area (Å²) < 4.78 is 13.0. The Hall–Kier alpha value is -3.00. The lowest BCUT2D eigenvalue weighted by Crippen LogP contribution is -2.15. The van der Waals surface area contributed by atoms with Crippen molar-refractivity contribution < 1.29 is 14.3 Å². The van der Waals surface area contributed by atoms with Gasteiger partial charge >= 0.3 is 0 Å². The van der Waals surface area contributed by atoms with Crippen molar-refractivity contribution >= 4 is 23.4 Å². The average Bonchev–Trinajstić information content (AvgIpc) is 3.13. The zero-order valence-electron chi connectivity index (χ0n) is 19.4. The number of carbonyl (C=O) groups excluding carboxylic acids is 1. The summed E-state index contributed by atoms with van der Waals surface area (Å²) in [5, 5.41) is 12.0. The molecule has 3 rings (SSSR count). The van der Waals surface area contributed by atoms with Crippen LogP contribution in [0.25, 0.3) is 0 Å². The lowest BCUT2D eigenvalue weighted by atomic mass is 9.87. The molecule has 0 aliphatic carbocycles. The molecule has 0 bridgehead atoms. The van der Waals surface area contributed by atoms with Crippen LogP contribution in [-0.2, 0) is 17.3 Å². The summed E-state index contributed by atoms with van der Waals surface area (Å²) in [4.78, 5) is 12.3. The van der Waals surface area contributed by atoms with Crippen LogP contribution in [0.4, 0.5) is 5.69 Å². The molecule has 8 heteroatoms. The highest BCUT2D eigenvalue weighted by Gasteiger charge is 2.19. The van der Waals surface area contributed by atoms with E-state index in [1.165, 1.54) is 17.3 Å². The molecule has 7 nitrogen and oxygen atoms in total. The van der Waals surface area contributed by atoms with Crippen molar-refractivity contribution in [2.45, 2.75) is 44.4 Å². The van der Waals surface area contributed by atoms with Crippen LogP contribution in [0.5, 0.6) is 11.5 Å². The molecule has 1 aromatic heterocycles. The molecule has 1 unspecified atom stereocenters. The third kappa shape index (κ3) is 6.03. The van der Waals surface area contributed by atoms with Gasteiger partial charge in [-0.3, -0.25) is 4.79 Å². The number of aromatic nitrogens is 3. The summed E-state index contributed by atoms with van der Waals surface area (Å²) in [6.07, 6.45) is -0.282. The Balaban J connectivity index is 1.56. The number of thioether (sulfide) groups is 1. The number of anilines is 1. The molecule has 3 aromatic rings. The first kappa shape index (κ1) is 23.7. The highest BCUT2D eigenvalue weighted by Crippen LogP contribution is 2.27. The number of nitrogens with zero attached hydrogens (tertiary/aromatic N) is 3. The molecule has 1 heterocycles. The largest absolute Gasteiger partial charge is 0.497 e. The van der Waals surface area contributed by atoms with Gasteiger partial charge in [0, 0.05) is 12.7 Å². The van der Waals surface area contributed by atoms with E-state index >= 15 is 0 Å². The summed E-state index contributed by atoms with van der Waals surface area (Å²) >= 11 is 1.33. The first-order valence-electron chi connectivity index (χ1n) is 10.4. The van der Waals surface area contributed by atoms with Crippen LogP contribution < -0.4 is 14.8 Å². The summed E-state index contributed by atoms with van der Waals surface area (Å²) in [6, 6.07) is 15.3. The van der Waals surface area contributed by atoms with E-state index in [-0.39, 0.29) is 23.2 Å². The maximum Gasteiger partial charge on any atom is 0.234 e. The lowest BCUT2D eigenvalue weighted by molar-refractivity contribution is -0.113. The number of hydrogen-bond acceptors (Lipinski definition) is 6. The Bertz CT molecular complexity index is 1040. The van der Waals surface area contributed by atoms with Crippen molar-refractivity contribution in [2.24, 2.45) is 7.05 Å². The zero-order chi connectivity index (χ0) is 23.3. The smallest absolute Gasteiger partial charge is 0.234 e. The van der Waals surface area contributed by atoms with Crippen LogP contribution in [-0.4, -0.2) is 33.5 Å². The van der Waals surface area contributed by atoms with Crippen molar-refractivity contribution in [2.75, 3.05) is 18.2 Å². The van der Waals surface area contributed by atoms with E-state index in [0.717, 1.165) is 17.2 Å². The monoisotopic (exact) mass is 454 g/mol. The molecular formula is C24H30N4O3S. The molecule has 0 aliphatic rings. The van der Waals surface area contributed by atoms with Gasteiger partial charge in [-0.25, -0.2) is 0 Å². The molecule has 1 amide bonds. The highest BCUT2D eigenvalue weighted by atomic mass is 32.2. The van der Waals surface area contributed by atoms with Gasteiger partial charge < -0.3 is 19.4 Å². The summed E-state index contributed by atoms with van der Waals surface area (Å²) in [5.74, 6) is 2.32. The first-order valence-corrected chi connectivity index (χ1v) is 11.4. The summed E-state index contributed by atoms with van der Waals surface area (Å²) in [7, 11) is 3.48. The van der Waals surface area contributed by atoms with Crippen LogP contribution in [0.3, 0.4) is 0 Å². The Labute approximate surface area is 193 Å². The maximum atomic E-state index is 12.3. The van der Waals surface area contributed by atoms with Crippen molar-refractivity contribution in [3.05, 3.63) is 59.9 Å². The second-order valence-electron chi connectivity index (χ2n) is 8.50. The molecule has 0 aliphatic heterocycles. The van der Waals surface area contributed by atoms with Crippen LogP contribution in [0.2, 0.25) is 0 Å². The van der Waals surface area contributed by atoms with Gasteiger partial charge in [0.05, 0.1) is 12.9 Å². The molecule has 1 atom stereocenters. The van der Waals surface area contributed by atoms with Crippen LogP contribution in [0.1, 0.15) is 45.2 Å². The molecule has 0 saturated heterocycles. The summed E-state index contributed by atoms with van der Waals surface area (Å²) in [5.41, 5.74) is 2.07. The second kappa shape index (κ2) is 10.1. The van der Waals surface area contributed by atoms with E-state index in [1.807, 2.05) is 30.7 Å². The average molecular weight is 455 g/mol. The number of benzene rings is 2. The van der Waals surface area contributed by atoms with Gasteiger partial charge in [0.25, 0.3) is 0 Å². The predicted molar refractivity (Wildman–Crippen MR) is 128 cm³/mol. The molecule has 32 heavy (non-hydrogen) atoms. The minimum absolute atomic E-state index is 0.0968. The van der Waals surface area contributed by atoms with Gasteiger partial charge in [-0.15, -0.1) is 10.2 Å². The van der Waals surface area contributed by atoms with Crippen molar-refractivity contribution in [1.82, 2.24) is 14.8 Å². The van der Waals surface area contributed by atoms with Gasteiger partial charge in [-0.05, 0) is 54.3 Å². The number of nitrogens with one attached hydrogen (secondary N) is 1. The number of ether oxygens (including phenoxy) is 2. The lowest BCUT2D eigenvalue weighted by Gasteiger charge is -2.20. The van der Waals surface area contributed by atoms with Crippen molar-refractivity contribution in [1.29, 1.82) is 0 Å². The topological polar surface area (TPSA) is 78.3 Å².